The quantitative estimate of drug-likeness (QED) is 0.645. The molecule has 0 amide bonds. The molecule has 0 spiro atoms. The van der Waals surface area contributed by atoms with Gasteiger partial charge < -0.3 is 4.74 Å². The zero-order valence-electron chi connectivity index (χ0n) is 7.62. The first-order valence-electron chi connectivity index (χ1n) is 4.44. The summed E-state index contributed by atoms with van der Waals surface area (Å²) in [5, 5.41) is 0. The summed E-state index contributed by atoms with van der Waals surface area (Å²) in [6, 6.07) is 7.58. The summed E-state index contributed by atoms with van der Waals surface area (Å²) in [4.78, 5) is 10.4. The van der Waals surface area contributed by atoms with Crippen LogP contribution in [0.4, 0.5) is 0 Å². The standard InChI is InChI=1S/C11H12O2/c1-11(6-7-13-11)10-4-2-9(8-12)3-5-10/h2-5,8H,6-7H2,1H3. The Kier molecular flexibility index (Phi) is 1.93. The minimum absolute atomic E-state index is 0.110. The van der Waals surface area contributed by atoms with E-state index in [-0.39, 0.29) is 5.60 Å². The highest BCUT2D eigenvalue weighted by Crippen LogP contribution is 2.36. The molecule has 0 saturated carbocycles. The van der Waals surface area contributed by atoms with Crippen molar-refractivity contribution in [1.29, 1.82) is 0 Å². The van der Waals surface area contributed by atoms with E-state index in [0.29, 0.717) is 5.56 Å². The van der Waals surface area contributed by atoms with Crippen LogP contribution in [0.5, 0.6) is 0 Å². The molecule has 1 fully saturated rings. The molecule has 0 bridgehead atoms. The van der Waals surface area contributed by atoms with Crippen molar-refractivity contribution >= 4 is 6.29 Å². The largest absolute Gasteiger partial charge is 0.370 e. The third kappa shape index (κ3) is 1.38. The van der Waals surface area contributed by atoms with Gasteiger partial charge in [-0.3, -0.25) is 4.79 Å². The van der Waals surface area contributed by atoms with E-state index in [1.54, 1.807) is 0 Å². The molecule has 1 aliphatic heterocycles. The molecular weight excluding hydrogens is 164 g/mol. The highest BCUT2D eigenvalue weighted by molar-refractivity contribution is 5.74. The molecule has 2 heteroatoms. The van der Waals surface area contributed by atoms with E-state index in [1.165, 1.54) is 0 Å². The molecule has 1 heterocycles. The van der Waals surface area contributed by atoms with E-state index in [9.17, 15) is 4.79 Å². The van der Waals surface area contributed by atoms with Gasteiger partial charge in [-0.1, -0.05) is 24.3 Å². The molecule has 68 valence electrons. The van der Waals surface area contributed by atoms with Gasteiger partial charge in [0.15, 0.2) is 0 Å². The molecule has 0 aliphatic carbocycles. The SMILES string of the molecule is CC1(c2ccc(C=O)cc2)CCO1. The first-order chi connectivity index (χ1) is 6.24. The summed E-state index contributed by atoms with van der Waals surface area (Å²) in [6.45, 7) is 2.92. The number of rotatable bonds is 2. The second kappa shape index (κ2) is 2.96. The molecular formula is C11H12O2. The third-order valence-electron chi connectivity index (χ3n) is 2.66. The van der Waals surface area contributed by atoms with Crippen molar-refractivity contribution in [2.75, 3.05) is 6.61 Å². The van der Waals surface area contributed by atoms with Crippen molar-refractivity contribution in [2.45, 2.75) is 18.9 Å². The van der Waals surface area contributed by atoms with Gasteiger partial charge in [-0.25, -0.2) is 0 Å². The summed E-state index contributed by atoms with van der Waals surface area (Å²) in [7, 11) is 0. The van der Waals surface area contributed by atoms with Crippen LogP contribution in [0.25, 0.3) is 0 Å². The van der Waals surface area contributed by atoms with Crippen LogP contribution in [0.2, 0.25) is 0 Å². The van der Waals surface area contributed by atoms with Gasteiger partial charge in [0.05, 0.1) is 12.2 Å². The van der Waals surface area contributed by atoms with Crippen molar-refractivity contribution in [1.82, 2.24) is 0 Å². The highest BCUT2D eigenvalue weighted by atomic mass is 16.5. The topological polar surface area (TPSA) is 26.3 Å². The second-order valence-corrected chi connectivity index (χ2v) is 3.57. The van der Waals surface area contributed by atoms with E-state index in [0.717, 1.165) is 24.9 Å². The Morgan fingerprint density at radius 3 is 2.38 bits per heavy atom. The van der Waals surface area contributed by atoms with Crippen molar-refractivity contribution in [3.05, 3.63) is 35.4 Å². The number of carbonyl (C=O) groups excluding carboxylic acids is 1. The monoisotopic (exact) mass is 176 g/mol. The van der Waals surface area contributed by atoms with Crippen LogP contribution in [0.3, 0.4) is 0 Å². The van der Waals surface area contributed by atoms with E-state index in [4.69, 9.17) is 4.74 Å². The maximum atomic E-state index is 10.4. The van der Waals surface area contributed by atoms with Gasteiger partial charge in [0, 0.05) is 12.0 Å². The third-order valence-corrected chi connectivity index (χ3v) is 2.66. The smallest absolute Gasteiger partial charge is 0.150 e. The molecule has 0 aromatic heterocycles. The summed E-state index contributed by atoms with van der Waals surface area (Å²) in [5.41, 5.74) is 1.76. The molecule has 0 radical (unpaired) electrons. The Labute approximate surface area is 77.5 Å². The van der Waals surface area contributed by atoms with Gasteiger partial charge in [0.1, 0.15) is 6.29 Å². The van der Waals surface area contributed by atoms with Crippen LogP contribution < -0.4 is 0 Å². The molecule has 1 aromatic rings. The van der Waals surface area contributed by atoms with Gasteiger partial charge in [-0.15, -0.1) is 0 Å². The maximum absolute atomic E-state index is 10.4. The predicted molar refractivity (Wildman–Crippen MR) is 49.8 cm³/mol. The van der Waals surface area contributed by atoms with Gasteiger partial charge in [0.25, 0.3) is 0 Å². The highest BCUT2D eigenvalue weighted by Gasteiger charge is 2.34. The number of benzene rings is 1. The Bertz CT molecular complexity index is 309. The lowest BCUT2D eigenvalue weighted by atomic mass is 9.88. The number of hydrogen-bond acceptors (Lipinski definition) is 2. The Hall–Kier alpha value is -1.15. The molecule has 1 aromatic carbocycles. The molecule has 1 unspecified atom stereocenters. The molecule has 1 atom stereocenters. The molecule has 1 aliphatic rings. The number of carbonyl (C=O) groups is 1. The minimum Gasteiger partial charge on any atom is -0.370 e. The van der Waals surface area contributed by atoms with E-state index >= 15 is 0 Å². The molecule has 2 nitrogen and oxygen atoms in total. The molecule has 2 rings (SSSR count). The Morgan fingerprint density at radius 1 is 1.38 bits per heavy atom. The van der Waals surface area contributed by atoms with Gasteiger partial charge >= 0.3 is 0 Å². The molecule has 13 heavy (non-hydrogen) atoms. The molecule has 0 N–H and O–H groups in total. The summed E-state index contributed by atoms with van der Waals surface area (Å²) >= 11 is 0. The lowest BCUT2D eigenvalue weighted by Crippen LogP contribution is -2.37. The van der Waals surface area contributed by atoms with Crippen LogP contribution in [0.1, 0.15) is 29.3 Å². The van der Waals surface area contributed by atoms with Crippen molar-refractivity contribution in [3.8, 4) is 0 Å². The van der Waals surface area contributed by atoms with Crippen molar-refractivity contribution in [3.63, 3.8) is 0 Å². The predicted octanol–water partition coefficient (Wildman–Crippen LogP) is 2.13. The van der Waals surface area contributed by atoms with Crippen LogP contribution in [0, 0.1) is 0 Å². The Balaban J connectivity index is 2.27. The van der Waals surface area contributed by atoms with E-state index in [2.05, 4.69) is 6.92 Å². The van der Waals surface area contributed by atoms with E-state index in [1.807, 2.05) is 24.3 Å². The van der Waals surface area contributed by atoms with Crippen LogP contribution >= 0.6 is 0 Å². The number of ether oxygens (including phenoxy) is 1. The zero-order chi connectivity index (χ0) is 9.31. The maximum Gasteiger partial charge on any atom is 0.150 e. The van der Waals surface area contributed by atoms with Crippen molar-refractivity contribution in [2.24, 2.45) is 0 Å². The number of aldehydes is 1. The van der Waals surface area contributed by atoms with Gasteiger partial charge in [-0.05, 0) is 12.5 Å². The number of hydrogen-bond donors (Lipinski definition) is 0. The zero-order valence-corrected chi connectivity index (χ0v) is 7.62. The summed E-state index contributed by atoms with van der Waals surface area (Å²) in [5.74, 6) is 0. The van der Waals surface area contributed by atoms with Gasteiger partial charge in [-0.2, -0.15) is 0 Å². The summed E-state index contributed by atoms with van der Waals surface area (Å²) < 4.78 is 5.49. The fourth-order valence-electron chi connectivity index (χ4n) is 1.55. The van der Waals surface area contributed by atoms with Crippen molar-refractivity contribution < 1.29 is 9.53 Å². The van der Waals surface area contributed by atoms with Crippen LogP contribution in [0.15, 0.2) is 24.3 Å². The van der Waals surface area contributed by atoms with Gasteiger partial charge in [0.2, 0.25) is 0 Å². The normalized spacial score (nSPS) is 26.5. The van der Waals surface area contributed by atoms with E-state index < -0.39 is 0 Å². The molecule has 1 saturated heterocycles. The first kappa shape index (κ1) is 8.45. The average Bonchev–Trinajstić information content (AvgIpc) is 2.14. The summed E-state index contributed by atoms with van der Waals surface area (Å²) in [6.07, 6.45) is 1.92. The second-order valence-electron chi connectivity index (χ2n) is 3.57. The lowest BCUT2D eigenvalue weighted by molar-refractivity contribution is -0.140. The lowest BCUT2D eigenvalue weighted by Gasteiger charge is -2.39. The Morgan fingerprint density at radius 2 is 2.00 bits per heavy atom. The average molecular weight is 176 g/mol. The first-order valence-corrected chi connectivity index (χ1v) is 4.44. The minimum atomic E-state index is -0.110. The fourth-order valence-corrected chi connectivity index (χ4v) is 1.55. The van der Waals surface area contributed by atoms with Crippen LogP contribution in [-0.4, -0.2) is 12.9 Å². The van der Waals surface area contributed by atoms with Crippen LogP contribution in [-0.2, 0) is 10.3 Å². The fraction of sp³-hybridized carbons (Fsp3) is 0.364.